The van der Waals surface area contributed by atoms with Gasteiger partial charge in [-0.25, -0.2) is 0 Å². The molecule has 1 atom stereocenters. The molecule has 0 aliphatic carbocycles. The van der Waals surface area contributed by atoms with Crippen LogP contribution in [0.25, 0.3) is 0 Å². The number of hydrogen-bond acceptors (Lipinski definition) is 4. The van der Waals surface area contributed by atoms with Crippen molar-refractivity contribution < 1.29 is 9.72 Å². The molecule has 0 bridgehead atoms. The monoisotopic (exact) mass is 251 g/mol. The number of nitro benzene ring substituents is 1. The van der Waals surface area contributed by atoms with Crippen molar-refractivity contribution in [1.29, 1.82) is 0 Å². The van der Waals surface area contributed by atoms with E-state index in [2.05, 4.69) is 5.32 Å². The van der Waals surface area contributed by atoms with Gasteiger partial charge in [0.2, 0.25) is 5.91 Å². The Morgan fingerprint density at radius 3 is 2.33 bits per heavy atom. The molecule has 0 saturated heterocycles. The maximum absolute atomic E-state index is 11.3. The average Bonchev–Trinajstić information content (AvgIpc) is 2.28. The number of hydrogen-bond donors (Lipinski definition) is 2. The summed E-state index contributed by atoms with van der Waals surface area (Å²) in [5.74, 6) is -0.102. The van der Waals surface area contributed by atoms with E-state index in [4.69, 9.17) is 5.73 Å². The molecule has 1 amide bonds. The van der Waals surface area contributed by atoms with Gasteiger partial charge in [0.1, 0.15) is 6.04 Å². The first-order valence-electron chi connectivity index (χ1n) is 5.70. The topological polar surface area (TPSA) is 98.3 Å². The van der Waals surface area contributed by atoms with Gasteiger partial charge in [-0.15, -0.1) is 0 Å². The predicted octanol–water partition coefficient (Wildman–Crippen LogP) is 1.91. The highest BCUT2D eigenvalue weighted by Gasteiger charge is 2.16. The van der Waals surface area contributed by atoms with Crippen molar-refractivity contribution in [3.05, 3.63) is 34.4 Å². The van der Waals surface area contributed by atoms with Crippen molar-refractivity contribution >= 4 is 17.3 Å². The van der Waals surface area contributed by atoms with E-state index in [1.165, 1.54) is 12.1 Å². The fraction of sp³-hybridized carbons (Fsp3) is 0.417. The van der Waals surface area contributed by atoms with E-state index < -0.39 is 16.9 Å². The van der Waals surface area contributed by atoms with E-state index in [9.17, 15) is 14.9 Å². The van der Waals surface area contributed by atoms with Gasteiger partial charge in [0.25, 0.3) is 5.69 Å². The van der Waals surface area contributed by atoms with Gasteiger partial charge in [0.15, 0.2) is 0 Å². The molecule has 6 heteroatoms. The number of carbonyl (C=O) groups is 1. The lowest BCUT2D eigenvalue weighted by atomic mass is 10.0. The smallest absolute Gasteiger partial charge is 0.269 e. The summed E-state index contributed by atoms with van der Waals surface area (Å²) < 4.78 is 0. The quantitative estimate of drug-likeness (QED) is 0.596. The van der Waals surface area contributed by atoms with Crippen molar-refractivity contribution in [3.63, 3.8) is 0 Å². The number of nitrogens with two attached hydrogens (primary N) is 1. The zero-order valence-corrected chi connectivity index (χ0v) is 10.4. The maximum Gasteiger partial charge on any atom is 0.269 e. The molecule has 6 nitrogen and oxygen atoms in total. The molecule has 1 aromatic rings. The first-order chi connectivity index (χ1) is 8.40. The molecule has 0 fully saturated rings. The summed E-state index contributed by atoms with van der Waals surface area (Å²) in [6.07, 6.45) is 0.617. The molecule has 18 heavy (non-hydrogen) atoms. The van der Waals surface area contributed by atoms with Crippen LogP contribution in [0.5, 0.6) is 0 Å². The van der Waals surface area contributed by atoms with Crippen molar-refractivity contribution in [2.24, 2.45) is 11.7 Å². The zero-order valence-electron chi connectivity index (χ0n) is 10.4. The number of anilines is 1. The number of nitro groups is 1. The van der Waals surface area contributed by atoms with Gasteiger partial charge in [-0.2, -0.15) is 0 Å². The Morgan fingerprint density at radius 1 is 1.39 bits per heavy atom. The summed E-state index contributed by atoms with van der Waals surface area (Å²) >= 11 is 0. The van der Waals surface area contributed by atoms with Crippen LogP contribution in [0.2, 0.25) is 0 Å². The van der Waals surface area contributed by atoms with Gasteiger partial charge in [-0.3, -0.25) is 14.9 Å². The number of rotatable bonds is 6. The van der Waals surface area contributed by atoms with E-state index in [1.54, 1.807) is 12.1 Å². The van der Waals surface area contributed by atoms with Gasteiger partial charge in [0.05, 0.1) is 4.92 Å². The molecule has 0 heterocycles. The molecule has 3 N–H and O–H groups in total. The van der Waals surface area contributed by atoms with E-state index in [-0.39, 0.29) is 5.69 Å². The van der Waals surface area contributed by atoms with Crippen LogP contribution in [-0.2, 0) is 4.79 Å². The third-order valence-electron chi connectivity index (χ3n) is 2.47. The standard InChI is InChI=1S/C12H17N3O3/c1-8(2)7-11(12(13)16)14-9-3-5-10(6-4-9)15(17)18/h3-6,8,11,14H,7H2,1-2H3,(H2,13,16)/t11-/m0/s1. The van der Waals surface area contributed by atoms with Gasteiger partial charge in [-0.1, -0.05) is 13.8 Å². The summed E-state index contributed by atoms with van der Waals surface area (Å²) in [6, 6.07) is 5.43. The molecule has 0 radical (unpaired) electrons. The van der Waals surface area contributed by atoms with E-state index in [0.717, 1.165) is 0 Å². The van der Waals surface area contributed by atoms with Gasteiger partial charge in [0, 0.05) is 17.8 Å². The van der Waals surface area contributed by atoms with Crippen molar-refractivity contribution in [1.82, 2.24) is 0 Å². The number of benzene rings is 1. The molecule has 1 rings (SSSR count). The van der Waals surface area contributed by atoms with E-state index in [1.807, 2.05) is 13.8 Å². The second-order valence-electron chi connectivity index (χ2n) is 4.53. The molecule has 0 aliphatic rings. The molecule has 0 unspecified atom stereocenters. The largest absolute Gasteiger partial charge is 0.374 e. The highest BCUT2D eigenvalue weighted by molar-refractivity contribution is 5.83. The Balaban J connectivity index is 2.75. The number of nitrogens with zero attached hydrogens (tertiary/aromatic N) is 1. The predicted molar refractivity (Wildman–Crippen MR) is 69.2 cm³/mol. The first-order valence-corrected chi connectivity index (χ1v) is 5.70. The number of carbonyl (C=O) groups excluding carboxylic acids is 1. The minimum atomic E-state index is -0.469. The zero-order chi connectivity index (χ0) is 13.7. The molecule has 0 aliphatic heterocycles. The minimum absolute atomic E-state index is 0.0139. The van der Waals surface area contributed by atoms with Crippen LogP contribution in [0.15, 0.2) is 24.3 Å². The normalized spacial score (nSPS) is 12.2. The van der Waals surface area contributed by atoms with Crippen LogP contribution in [0.1, 0.15) is 20.3 Å². The molecule has 0 saturated carbocycles. The number of non-ortho nitro benzene ring substituents is 1. The summed E-state index contributed by atoms with van der Waals surface area (Å²) in [5, 5.41) is 13.5. The van der Waals surface area contributed by atoms with Crippen molar-refractivity contribution in [2.45, 2.75) is 26.3 Å². The highest BCUT2D eigenvalue weighted by Crippen LogP contribution is 2.17. The molecule has 0 spiro atoms. The molecular formula is C12H17N3O3. The van der Waals surface area contributed by atoms with Crippen molar-refractivity contribution in [3.8, 4) is 0 Å². The first kappa shape index (κ1) is 14.0. The summed E-state index contributed by atoms with van der Waals surface area (Å²) in [5.41, 5.74) is 5.96. The second-order valence-corrected chi connectivity index (χ2v) is 4.53. The summed E-state index contributed by atoms with van der Waals surface area (Å²) in [7, 11) is 0. The Bertz CT molecular complexity index is 429. The lowest BCUT2D eigenvalue weighted by Gasteiger charge is -2.18. The van der Waals surface area contributed by atoms with Crippen LogP contribution in [0.4, 0.5) is 11.4 Å². The van der Waals surface area contributed by atoms with Gasteiger partial charge in [-0.05, 0) is 24.5 Å². The van der Waals surface area contributed by atoms with Gasteiger partial charge < -0.3 is 11.1 Å². The lowest BCUT2D eigenvalue weighted by molar-refractivity contribution is -0.384. The van der Waals surface area contributed by atoms with E-state index in [0.29, 0.717) is 18.0 Å². The average molecular weight is 251 g/mol. The third kappa shape index (κ3) is 4.04. The SMILES string of the molecule is CC(C)C[C@H](Nc1ccc([N+](=O)[O-])cc1)C(N)=O. The fourth-order valence-electron chi connectivity index (χ4n) is 1.60. The fourth-order valence-corrected chi connectivity index (χ4v) is 1.60. The van der Waals surface area contributed by atoms with Crippen molar-refractivity contribution in [2.75, 3.05) is 5.32 Å². The van der Waals surface area contributed by atoms with Crippen LogP contribution in [0, 0.1) is 16.0 Å². The van der Waals surface area contributed by atoms with Crippen LogP contribution in [-0.4, -0.2) is 16.9 Å². The molecule has 98 valence electrons. The van der Waals surface area contributed by atoms with Crippen LogP contribution in [0.3, 0.4) is 0 Å². The lowest BCUT2D eigenvalue weighted by Crippen LogP contribution is -2.36. The molecule has 0 aromatic heterocycles. The summed E-state index contributed by atoms with van der Waals surface area (Å²) in [6.45, 7) is 3.99. The Hall–Kier alpha value is -2.11. The molecule has 1 aromatic carbocycles. The Labute approximate surface area is 105 Å². The Kier molecular flexibility index (Phi) is 4.65. The number of primary amides is 1. The van der Waals surface area contributed by atoms with E-state index >= 15 is 0 Å². The van der Waals surface area contributed by atoms with Crippen LogP contribution >= 0.6 is 0 Å². The third-order valence-corrected chi connectivity index (χ3v) is 2.47. The van der Waals surface area contributed by atoms with Gasteiger partial charge >= 0.3 is 0 Å². The highest BCUT2D eigenvalue weighted by atomic mass is 16.6. The Morgan fingerprint density at radius 2 is 1.94 bits per heavy atom. The number of nitrogens with one attached hydrogen (secondary N) is 1. The minimum Gasteiger partial charge on any atom is -0.374 e. The van der Waals surface area contributed by atoms with Crippen LogP contribution < -0.4 is 11.1 Å². The number of amides is 1. The maximum atomic E-state index is 11.3. The molecular weight excluding hydrogens is 234 g/mol. The summed E-state index contributed by atoms with van der Waals surface area (Å²) in [4.78, 5) is 21.3. The second kappa shape index (κ2) is 6.00.